The monoisotopic (exact) mass is 450 g/mol. The maximum Gasteiger partial charge on any atom is 0.246 e. The Kier molecular flexibility index (Phi) is 7.01. The summed E-state index contributed by atoms with van der Waals surface area (Å²) in [6, 6.07) is 0.313. The third kappa shape index (κ3) is 5.36. The molecule has 0 aromatic carbocycles. The van der Waals surface area contributed by atoms with E-state index in [0.29, 0.717) is 38.5 Å². The highest BCUT2D eigenvalue weighted by molar-refractivity contribution is 7.89. The van der Waals surface area contributed by atoms with Gasteiger partial charge in [-0.05, 0) is 33.1 Å². The minimum absolute atomic E-state index is 0.0661. The second-order valence-electron chi connectivity index (χ2n) is 7.70. The maximum atomic E-state index is 12.7. The Labute approximate surface area is 172 Å². The Morgan fingerprint density at radius 1 is 1.14 bits per heavy atom. The molecule has 2 aliphatic heterocycles. The molecule has 166 valence electrons. The van der Waals surface area contributed by atoms with Gasteiger partial charge in [-0.25, -0.2) is 25.9 Å². The van der Waals surface area contributed by atoms with Crippen LogP contribution in [-0.4, -0.2) is 88.9 Å². The first-order valence-electron chi connectivity index (χ1n) is 9.81. The molecule has 2 saturated heterocycles. The van der Waals surface area contributed by atoms with E-state index in [-0.39, 0.29) is 29.3 Å². The summed E-state index contributed by atoms with van der Waals surface area (Å²) in [5.41, 5.74) is 0.330. The predicted molar refractivity (Wildman–Crippen MR) is 107 cm³/mol. The van der Waals surface area contributed by atoms with Crippen LogP contribution in [0.3, 0.4) is 0 Å². The van der Waals surface area contributed by atoms with Gasteiger partial charge in [0.1, 0.15) is 10.6 Å². The Hall–Kier alpha value is -1.05. The number of hydrogen-bond acceptors (Lipinski definition) is 8. The SMILES string of the molecule is Cc1noc(C)c1S(=O)(=O)NCCN(C1CCOCC1)C1CCN(S(C)(=O)=O)C1. The average molecular weight is 451 g/mol. The van der Waals surface area contributed by atoms with E-state index in [1.165, 1.54) is 10.6 Å². The molecule has 1 atom stereocenters. The topological polar surface area (TPSA) is 122 Å². The maximum absolute atomic E-state index is 12.7. The van der Waals surface area contributed by atoms with Crippen LogP contribution in [0.1, 0.15) is 30.7 Å². The standard InChI is InChI=1S/C17H30N4O6S2/c1-13-17(14(2)27-19-13)29(24,25)18-7-9-21(15-5-10-26-11-6-15)16-4-8-20(12-16)28(3,22)23/h15-16,18H,4-12H2,1-3H3. The second-order valence-corrected chi connectivity index (χ2v) is 11.4. The van der Waals surface area contributed by atoms with Crippen molar-refractivity contribution in [3.63, 3.8) is 0 Å². The van der Waals surface area contributed by atoms with Crippen LogP contribution >= 0.6 is 0 Å². The summed E-state index contributed by atoms with van der Waals surface area (Å²) in [6.45, 7) is 6.14. The zero-order valence-corrected chi connectivity index (χ0v) is 18.8. The van der Waals surface area contributed by atoms with E-state index in [4.69, 9.17) is 9.26 Å². The van der Waals surface area contributed by atoms with Gasteiger partial charge in [0, 0.05) is 51.5 Å². The second kappa shape index (κ2) is 8.98. The molecular formula is C17H30N4O6S2. The van der Waals surface area contributed by atoms with Crippen LogP contribution in [0.25, 0.3) is 0 Å². The molecule has 1 aromatic heterocycles. The van der Waals surface area contributed by atoms with Crippen molar-refractivity contribution in [1.82, 2.24) is 19.1 Å². The molecule has 0 amide bonds. The van der Waals surface area contributed by atoms with Crippen molar-refractivity contribution in [2.24, 2.45) is 0 Å². The molecule has 1 N–H and O–H groups in total. The van der Waals surface area contributed by atoms with Crippen molar-refractivity contribution < 1.29 is 26.1 Å². The van der Waals surface area contributed by atoms with Crippen LogP contribution in [0.4, 0.5) is 0 Å². The lowest BCUT2D eigenvalue weighted by Gasteiger charge is -2.38. The van der Waals surface area contributed by atoms with Crippen LogP contribution in [-0.2, 0) is 24.8 Å². The zero-order chi connectivity index (χ0) is 21.2. The molecule has 3 rings (SSSR count). The molecule has 3 heterocycles. The van der Waals surface area contributed by atoms with Crippen molar-refractivity contribution >= 4 is 20.0 Å². The number of hydrogen-bond donors (Lipinski definition) is 1. The first-order valence-corrected chi connectivity index (χ1v) is 13.1. The molecule has 0 saturated carbocycles. The zero-order valence-electron chi connectivity index (χ0n) is 17.1. The number of sulfonamides is 2. The molecule has 0 spiro atoms. The number of rotatable bonds is 8. The first-order chi connectivity index (χ1) is 13.6. The predicted octanol–water partition coefficient (Wildman–Crippen LogP) is 0.0846. The lowest BCUT2D eigenvalue weighted by molar-refractivity contribution is 0.0200. The summed E-state index contributed by atoms with van der Waals surface area (Å²) < 4.78 is 63.7. The summed E-state index contributed by atoms with van der Waals surface area (Å²) >= 11 is 0. The van der Waals surface area contributed by atoms with E-state index < -0.39 is 20.0 Å². The van der Waals surface area contributed by atoms with Gasteiger partial charge < -0.3 is 9.26 Å². The van der Waals surface area contributed by atoms with Crippen molar-refractivity contribution in [3.8, 4) is 0 Å². The Balaban J connectivity index is 1.68. The van der Waals surface area contributed by atoms with E-state index in [9.17, 15) is 16.8 Å². The Bertz CT molecular complexity index is 889. The van der Waals surface area contributed by atoms with Crippen molar-refractivity contribution in [1.29, 1.82) is 0 Å². The molecule has 2 aliphatic rings. The van der Waals surface area contributed by atoms with Crippen LogP contribution in [0.15, 0.2) is 9.42 Å². The minimum Gasteiger partial charge on any atom is -0.381 e. The van der Waals surface area contributed by atoms with Crippen LogP contribution in [0.5, 0.6) is 0 Å². The van der Waals surface area contributed by atoms with Gasteiger partial charge in [-0.3, -0.25) is 4.90 Å². The number of aromatic nitrogens is 1. The summed E-state index contributed by atoms with van der Waals surface area (Å²) in [6.07, 6.45) is 3.67. The summed E-state index contributed by atoms with van der Waals surface area (Å²) in [5, 5.41) is 3.71. The van der Waals surface area contributed by atoms with Crippen LogP contribution in [0, 0.1) is 13.8 Å². The lowest BCUT2D eigenvalue weighted by Crippen LogP contribution is -2.50. The fourth-order valence-electron chi connectivity index (χ4n) is 4.20. The quantitative estimate of drug-likeness (QED) is 0.591. The molecule has 29 heavy (non-hydrogen) atoms. The van der Waals surface area contributed by atoms with Gasteiger partial charge in [0.05, 0.1) is 6.26 Å². The van der Waals surface area contributed by atoms with Gasteiger partial charge in [-0.15, -0.1) is 0 Å². The highest BCUT2D eigenvalue weighted by Gasteiger charge is 2.36. The van der Waals surface area contributed by atoms with E-state index in [0.717, 1.165) is 19.3 Å². The van der Waals surface area contributed by atoms with E-state index >= 15 is 0 Å². The molecule has 0 bridgehead atoms. The fourth-order valence-corrected chi connectivity index (χ4v) is 6.43. The first kappa shape index (κ1) is 22.6. The Morgan fingerprint density at radius 2 is 1.83 bits per heavy atom. The van der Waals surface area contributed by atoms with E-state index in [1.807, 2.05) is 0 Å². The highest BCUT2D eigenvalue weighted by atomic mass is 32.2. The molecule has 0 radical (unpaired) electrons. The summed E-state index contributed by atoms with van der Waals surface area (Å²) in [5.74, 6) is 0.260. The van der Waals surface area contributed by atoms with E-state index in [1.54, 1.807) is 13.8 Å². The lowest BCUT2D eigenvalue weighted by atomic mass is 10.0. The number of nitrogens with one attached hydrogen (secondary N) is 1. The largest absolute Gasteiger partial charge is 0.381 e. The normalized spacial score (nSPS) is 22.6. The van der Waals surface area contributed by atoms with Gasteiger partial charge in [0.2, 0.25) is 20.0 Å². The van der Waals surface area contributed by atoms with Gasteiger partial charge >= 0.3 is 0 Å². The highest BCUT2D eigenvalue weighted by Crippen LogP contribution is 2.24. The van der Waals surface area contributed by atoms with Crippen molar-refractivity contribution in [2.45, 2.75) is 50.1 Å². The summed E-state index contributed by atoms with van der Waals surface area (Å²) in [7, 11) is -6.96. The number of nitrogens with zero attached hydrogens (tertiary/aromatic N) is 3. The molecule has 10 nitrogen and oxygen atoms in total. The molecule has 2 fully saturated rings. The third-order valence-corrected chi connectivity index (χ3v) is 8.60. The van der Waals surface area contributed by atoms with Gasteiger partial charge in [0.25, 0.3) is 0 Å². The molecule has 1 aromatic rings. The third-order valence-electron chi connectivity index (χ3n) is 5.62. The molecule has 1 unspecified atom stereocenters. The van der Waals surface area contributed by atoms with Crippen LogP contribution < -0.4 is 4.72 Å². The van der Waals surface area contributed by atoms with Crippen LogP contribution in [0.2, 0.25) is 0 Å². The number of aryl methyl sites for hydroxylation is 2. The molecule has 12 heteroatoms. The smallest absolute Gasteiger partial charge is 0.246 e. The minimum atomic E-state index is -3.73. The van der Waals surface area contributed by atoms with Gasteiger partial charge in [0.15, 0.2) is 5.76 Å². The summed E-state index contributed by atoms with van der Waals surface area (Å²) in [4.78, 5) is 2.34. The number of ether oxygens (including phenoxy) is 1. The van der Waals surface area contributed by atoms with Crippen molar-refractivity contribution in [2.75, 3.05) is 45.6 Å². The molecule has 0 aliphatic carbocycles. The van der Waals surface area contributed by atoms with Crippen molar-refractivity contribution in [3.05, 3.63) is 11.5 Å². The van der Waals surface area contributed by atoms with Gasteiger partial charge in [-0.2, -0.15) is 0 Å². The molecular weight excluding hydrogens is 420 g/mol. The fraction of sp³-hybridized carbons (Fsp3) is 0.824. The Morgan fingerprint density at radius 3 is 2.38 bits per heavy atom. The average Bonchev–Trinajstić information content (AvgIpc) is 3.26. The van der Waals surface area contributed by atoms with E-state index in [2.05, 4.69) is 14.8 Å². The van der Waals surface area contributed by atoms with Gasteiger partial charge in [-0.1, -0.05) is 5.16 Å².